The van der Waals surface area contributed by atoms with E-state index in [2.05, 4.69) is 77.5 Å². The van der Waals surface area contributed by atoms with Gasteiger partial charge in [-0.2, -0.15) is 0 Å². The maximum Gasteiger partial charge on any atom is 0.0466 e. The molecular weight excluding hydrogens is 336 g/mol. The monoisotopic (exact) mass is 356 g/mol. The third-order valence-corrected chi connectivity index (χ3v) is 4.72. The van der Waals surface area contributed by atoms with Crippen LogP contribution in [-0.4, -0.2) is 13.2 Å². The number of hydrogen-bond acceptors (Lipinski definition) is 1. The molecule has 1 nitrogen and oxygen atoms in total. The second-order valence-corrected chi connectivity index (χ2v) is 6.54. The number of halogens is 1. The molecule has 1 aliphatic rings. The van der Waals surface area contributed by atoms with Crippen LogP contribution < -0.4 is 0 Å². The van der Waals surface area contributed by atoms with E-state index < -0.39 is 0 Å². The molecule has 114 valence electrons. The first-order valence-corrected chi connectivity index (χ1v) is 8.73. The third-order valence-electron chi connectivity index (χ3n) is 4.22. The molecule has 1 aliphatic carbocycles. The van der Waals surface area contributed by atoms with E-state index >= 15 is 0 Å². The minimum Gasteiger partial charge on any atom is -0.382 e. The van der Waals surface area contributed by atoms with E-state index in [4.69, 9.17) is 4.74 Å². The topological polar surface area (TPSA) is 9.23 Å². The van der Waals surface area contributed by atoms with Crippen LogP contribution in [0.15, 0.2) is 46.9 Å². The standard InChI is InChI=1S/C20H21BrO/c1-2-22-13-5-8-19-18-7-4-3-6-15(18)9-10-16-11-12-17(21)14-20(16)19/h3-4,6-7,9-12,14,19H,2,5,8,13H2,1H3. The molecule has 0 bridgehead atoms. The number of hydrogen-bond donors (Lipinski definition) is 0. The fourth-order valence-corrected chi connectivity index (χ4v) is 3.55. The van der Waals surface area contributed by atoms with E-state index in [1.165, 1.54) is 22.3 Å². The van der Waals surface area contributed by atoms with Crippen LogP contribution in [0, 0.1) is 0 Å². The summed E-state index contributed by atoms with van der Waals surface area (Å²) >= 11 is 3.63. The normalized spacial score (nSPS) is 16.0. The minimum absolute atomic E-state index is 0.430. The average molecular weight is 357 g/mol. The zero-order valence-electron chi connectivity index (χ0n) is 12.9. The second-order valence-electron chi connectivity index (χ2n) is 5.63. The van der Waals surface area contributed by atoms with Gasteiger partial charge in [0.05, 0.1) is 0 Å². The lowest BCUT2D eigenvalue weighted by molar-refractivity contribution is 0.142. The Labute approximate surface area is 141 Å². The molecule has 2 aromatic carbocycles. The number of benzene rings is 2. The summed E-state index contributed by atoms with van der Waals surface area (Å²) < 4.78 is 6.68. The number of fused-ring (bicyclic) bond motifs is 2. The molecule has 0 aliphatic heterocycles. The van der Waals surface area contributed by atoms with E-state index in [0.29, 0.717) is 5.92 Å². The van der Waals surface area contributed by atoms with Gasteiger partial charge in [-0.15, -0.1) is 0 Å². The highest BCUT2D eigenvalue weighted by Crippen LogP contribution is 2.38. The smallest absolute Gasteiger partial charge is 0.0466 e. The number of ether oxygens (including phenoxy) is 1. The van der Waals surface area contributed by atoms with Crippen molar-refractivity contribution < 1.29 is 4.74 Å². The predicted molar refractivity (Wildman–Crippen MR) is 97.1 cm³/mol. The average Bonchev–Trinajstić information content (AvgIpc) is 2.69. The van der Waals surface area contributed by atoms with E-state index in [1.54, 1.807) is 0 Å². The minimum atomic E-state index is 0.430. The Morgan fingerprint density at radius 3 is 2.59 bits per heavy atom. The molecule has 0 N–H and O–H groups in total. The Morgan fingerprint density at radius 2 is 1.77 bits per heavy atom. The first-order valence-electron chi connectivity index (χ1n) is 7.94. The summed E-state index contributed by atoms with van der Waals surface area (Å²) in [6.07, 6.45) is 6.68. The summed E-state index contributed by atoms with van der Waals surface area (Å²) in [5.41, 5.74) is 5.48. The van der Waals surface area contributed by atoms with Crippen LogP contribution in [0.25, 0.3) is 12.2 Å². The molecule has 0 spiro atoms. The first kappa shape index (κ1) is 15.5. The molecule has 0 aromatic heterocycles. The van der Waals surface area contributed by atoms with Gasteiger partial charge in [0.1, 0.15) is 0 Å². The Kier molecular flexibility index (Phi) is 5.12. The lowest BCUT2D eigenvalue weighted by Crippen LogP contribution is -2.06. The molecule has 0 amide bonds. The van der Waals surface area contributed by atoms with Gasteiger partial charge in [0.2, 0.25) is 0 Å². The molecule has 22 heavy (non-hydrogen) atoms. The molecule has 0 fully saturated rings. The van der Waals surface area contributed by atoms with Crippen molar-refractivity contribution in [1.82, 2.24) is 0 Å². The van der Waals surface area contributed by atoms with Crippen molar-refractivity contribution in [3.05, 3.63) is 69.2 Å². The molecule has 1 unspecified atom stereocenters. The molecule has 0 saturated carbocycles. The van der Waals surface area contributed by atoms with Crippen molar-refractivity contribution >= 4 is 28.1 Å². The molecule has 0 heterocycles. The van der Waals surface area contributed by atoms with Crippen molar-refractivity contribution in [2.24, 2.45) is 0 Å². The molecule has 0 radical (unpaired) electrons. The van der Waals surface area contributed by atoms with Crippen molar-refractivity contribution in [2.75, 3.05) is 13.2 Å². The van der Waals surface area contributed by atoms with E-state index in [9.17, 15) is 0 Å². The summed E-state index contributed by atoms with van der Waals surface area (Å²) in [4.78, 5) is 0. The summed E-state index contributed by atoms with van der Waals surface area (Å²) in [7, 11) is 0. The van der Waals surface area contributed by atoms with Crippen LogP contribution in [-0.2, 0) is 4.74 Å². The van der Waals surface area contributed by atoms with Crippen LogP contribution in [0.2, 0.25) is 0 Å². The molecular formula is C20H21BrO. The largest absolute Gasteiger partial charge is 0.382 e. The van der Waals surface area contributed by atoms with Gasteiger partial charge in [-0.05, 0) is 54.2 Å². The molecule has 2 aromatic rings. The summed E-state index contributed by atoms with van der Waals surface area (Å²) in [5.74, 6) is 0.430. The van der Waals surface area contributed by atoms with Crippen molar-refractivity contribution in [2.45, 2.75) is 25.7 Å². The van der Waals surface area contributed by atoms with Gasteiger partial charge in [0.15, 0.2) is 0 Å². The van der Waals surface area contributed by atoms with Gasteiger partial charge in [0.25, 0.3) is 0 Å². The van der Waals surface area contributed by atoms with Crippen LogP contribution in [0.1, 0.15) is 47.9 Å². The zero-order valence-corrected chi connectivity index (χ0v) is 14.5. The Balaban J connectivity index is 1.98. The number of rotatable bonds is 5. The first-order chi connectivity index (χ1) is 10.8. The summed E-state index contributed by atoms with van der Waals surface area (Å²) in [5, 5.41) is 0. The Bertz CT molecular complexity index is 675. The van der Waals surface area contributed by atoms with Gasteiger partial charge in [-0.25, -0.2) is 0 Å². The second kappa shape index (κ2) is 7.26. The quantitative estimate of drug-likeness (QED) is 0.607. The van der Waals surface area contributed by atoms with Gasteiger partial charge in [-0.1, -0.05) is 58.4 Å². The summed E-state index contributed by atoms with van der Waals surface area (Å²) in [6.45, 7) is 3.69. The highest BCUT2D eigenvalue weighted by atomic mass is 79.9. The predicted octanol–water partition coefficient (Wildman–Crippen LogP) is 5.88. The third kappa shape index (κ3) is 3.34. The highest BCUT2D eigenvalue weighted by Gasteiger charge is 2.21. The fourth-order valence-electron chi connectivity index (χ4n) is 3.17. The molecule has 2 heteroatoms. The van der Waals surface area contributed by atoms with Crippen LogP contribution in [0.4, 0.5) is 0 Å². The van der Waals surface area contributed by atoms with Crippen LogP contribution in [0.5, 0.6) is 0 Å². The SMILES string of the molecule is CCOCCCC1c2ccccc2C=Cc2ccc(Br)cc21. The molecule has 3 rings (SSSR count). The van der Waals surface area contributed by atoms with Crippen molar-refractivity contribution in [1.29, 1.82) is 0 Å². The van der Waals surface area contributed by atoms with Gasteiger partial charge >= 0.3 is 0 Å². The lowest BCUT2D eigenvalue weighted by atomic mass is 9.84. The highest BCUT2D eigenvalue weighted by molar-refractivity contribution is 9.10. The maximum atomic E-state index is 5.53. The zero-order chi connectivity index (χ0) is 15.4. The van der Waals surface area contributed by atoms with E-state index in [1.807, 2.05) is 0 Å². The molecule has 0 saturated heterocycles. The fraction of sp³-hybridized carbons (Fsp3) is 0.300. The summed E-state index contributed by atoms with van der Waals surface area (Å²) in [6, 6.07) is 15.3. The Hall–Kier alpha value is -1.38. The van der Waals surface area contributed by atoms with E-state index in [-0.39, 0.29) is 0 Å². The maximum absolute atomic E-state index is 5.53. The van der Waals surface area contributed by atoms with Crippen molar-refractivity contribution in [3.8, 4) is 0 Å². The van der Waals surface area contributed by atoms with E-state index in [0.717, 1.165) is 30.5 Å². The van der Waals surface area contributed by atoms with Crippen LogP contribution >= 0.6 is 15.9 Å². The van der Waals surface area contributed by atoms with Gasteiger partial charge in [0, 0.05) is 23.6 Å². The van der Waals surface area contributed by atoms with Gasteiger partial charge < -0.3 is 4.74 Å². The molecule has 1 atom stereocenters. The Morgan fingerprint density at radius 1 is 1.00 bits per heavy atom. The van der Waals surface area contributed by atoms with Crippen LogP contribution in [0.3, 0.4) is 0 Å². The van der Waals surface area contributed by atoms with Gasteiger partial charge in [-0.3, -0.25) is 0 Å². The van der Waals surface area contributed by atoms with Crippen molar-refractivity contribution in [3.63, 3.8) is 0 Å². The lowest BCUT2D eigenvalue weighted by Gasteiger charge is -2.20.